The summed E-state index contributed by atoms with van der Waals surface area (Å²) in [5, 5.41) is 4.44. The van der Waals surface area contributed by atoms with Gasteiger partial charge in [-0.3, -0.25) is 9.80 Å². The molecule has 0 N–H and O–H groups in total. The highest BCUT2D eigenvalue weighted by atomic mass is 32.2. The van der Waals surface area contributed by atoms with E-state index in [0.717, 1.165) is 27.5 Å². The van der Waals surface area contributed by atoms with E-state index in [0.29, 0.717) is 52.4 Å². The van der Waals surface area contributed by atoms with Gasteiger partial charge in [-0.25, -0.2) is 8.78 Å². The van der Waals surface area contributed by atoms with Crippen molar-refractivity contribution in [2.24, 2.45) is 0 Å². The molecule has 2 fully saturated rings. The summed E-state index contributed by atoms with van der Waals surface area (Å²) in [6, 6.07) is 3.73. The molecule has 3 aliphatic heterocycles. The molecule has 2 saturated heterocycles. The number of hydrogen-bond acceptors (Lipinski definition) is 7. The van der Waals surface area contributed by atoms with Gasteiger partial charge in [0.15, 0.2) is 0 Å². The number of fused-ring (bicyclic) bond motifs is 1. The molecule has 1 aromatic carbocycles. The summed E-state index contributed by atoms with van der Waals surface area (Å²) in [6.07, 6.45) is 1.72. The van der Waals surface area contributed by atoms with Crippen LogP contribution in [0.4, 0.5) is 8.78 Å². The molecular formula is C26H37F2N5O4S. The van der Waals surface area contributed by atoms with Crippen molar-refractivity contribution < 1.29 is 26.7 Å². The molecule has 1 aromatic heterocycles. The third-order valence-electron chi connectivity index (χ3n) is 7.80. The first-order chi connectivity index (χ1) is 18.1. The second-order valence-electron chi connectivity index (χ2n) is 10.9. The number of benzene rings is 1. The van der Waals surface area contributed by atoms with E-state index < -0.39 is 27.9 Å². The summed E-state index contributed by atoms with van der Waals surface area (Å²) in [5.41, 5.74) is 1.86. The Hall–Kier alpha value is -1.96. The van der Waals surface area contributed by atoms with Gasteiger partial charge in [0, 0.05) is 67.7 Å². The Balaban J connectivity index is 1.35. The third-order valence-corrected chi connectivity index (χ3v) is 9.48. The van der Waals surface area contributed by atoms with Crippen molar-refractivity contribution in [2.45, 2.75) is 77.5 Å². The van der Waals surface area contributed by atoms with Gasteiger partial charge in [-0.2, -0.15) is 21.9 Å². The van der Waals surface area contributed by atoms with Crippen LogP contribution in [0.5, 0.6) is 0 Å². The quantitative estimate of drug-likeness (QED) is 0.522. The van der Waals surface area contributed by atoms with E-state index in [1.165, 1.54) is 10.4 Å². The second-order valence-corrected chi connectivity index (χ2v) is 12.7. The van der Waals surface area contributed by atoms with Gasteiger partial charge in [-0.1, -0.05) is 0 Å². The van der Waals surface area contributed by atoms with E-state index in [1.54, 1.807) is 6.20 Å². The lowest BCUT2D eigenvalue weighted by atomic mass is 9.89. The smallest absolute Gasteiger partial charge is 0.323 e. The van der Waals surface area contributed by atoms with Crippen LogP contribution in [0.2, 0.25) is 0 Å². The Kier molecular flexibility index (Phi) is 7.92. The highest BCUT2D eigenvalue weighted by Crippen LogP contribution is 2.39. The topological polar surface area (TPSA) is 80.1 Å². The fourth-order valence-corrected chi connectivity index (χ4v) is 7.45. The van der Waals surface area contributed by atoms with E-state index in [9.17, 15) is 17.2 Å². The standard InChI is InChI=1S/C26H37F2N5O4S/c1-17(2)33(18(3)4)25-12-21(16-37-26(25)22-11-20(27)5-6-23(22)28)30-13-19-14-32(29-24(19)15-30)38(34,35)31-7-9-36-10-8-31/h5-6,11,14,17-18,21,25-26H,7-10,12-13,15-16H2,1-4H3/t21-,25+,26-/m1/s1. The molecule has 0 aliphatic carbocycles. The van der Waals surface area contributed by atoms with Crippen molar-refractivity contribution in [3.63, 3.8) is 0 Å². The first-order valence-electron chi connectivity index (χ1n) is 13.3. The Morgan fingerprint density at radius 2 is 1.79 bits per heavy atom. The highest BCUT2D eigenvalue weighted by molar-refractivity contribution is 7.87. The van der Waals surface area contributed by atoms with Gasteiger partial charge in [0.05, 0.1) is 25.5 Å². The van der Waals surface area contributed by atoms with Gasteiger partial charge in [-0.15, -0.1) is 0 Å². The molecule has 12 heteroatoms. The van der Waals surface area contributed by atoms with Crippen LogP contribution in [0.25, 0.3) is 0 Å². The molecule has 3 aliphatic rings. The summed E-state index contributed by atoms with van der Waals surface area (Å²) >= 11 is 0. The maximum absolute atomic E-state index is 14.9. The Morgan fingerprint density at radius 1 is 1.08 bits per heavy atom. The predicted octanol–water partition coefficient (Wildman–Crippen LogP) is 2.92. The number of rotatable bonds is 7. The van der Waals surface area contributed by atoms with Crippen molar-refractivity contribution in [3.05, 3.63) is 52.9 Å². The van der Waals surface area contributed by atoms with Gasteiger partial charge in [0.2, 0.25) is 0 Å². The fraction of sp³-hybridized carbons (Fsp3) is 0.654. The maximum atomic E-state index is 14.9. The highest BCUT2D eigenvalue weighted by Gasteiger charge is 2.43. The normalized spacial score (nSPS) is 25.6. The average Bonchev–Trinajstić information content (AvgIpc) is 3.46. The Morgan fingerprint density at radius 3 is 2.45 bits per heavy atom. The van der Waals surface area contributed by atoms with Crippen LogP contribution in [0.1, 0.15) is 57.0 Å². The Bertz CT molecular complexity index is 1220. The number of morpholine rings is 1. The zero-order valence-corrected chi connectivity index (χ0v) is 23.2. The van der Waals surface area contributed by atoms with Crippen LogP contribution in [0.3, 0.4) is 0 Å². The molecule has 38 heavy (non-hydrogen) atoms. The van der Waals surface area contributed by atoms with E-state index in [4.69, 9.17) is 9.47 Å². The maximum Gasteiger partial charge on any atom is 0.323 e. The average molecular weight is 554 g/mol. The number of ether oxygens (including phenoxy) is 2. The van der Waals surface area contributed by atoms with Crippen molar-refractivity contribution in [1.82, 2.24) is 23.3 Å². The minimum atomic E-state index is -3.72. The lowest BCUT2D eigenvalue weighted by Crippen LogP contribution is -2.55. The minimum absolute atomic E-state index is 0.0198. The summed E-state index contributed by atoms with van der Waals surface area (Å²) in [5.74, 6) is -0.954. The molecule has 0 radical (unpaired) electrons. The molecule has 0 unspecified atom stereocenters. The number of halogens is 2. The van der Waals surface area contributed by atoms with E-state index in [-0.39, 0.29) is 29.7 Å². The largest absolute Gasteiger partial charge is 0.379 e. The first-order valence-corrected chi connectivity index (χ1v) is 14.7. The van der Waals surface area contributed by atoms with Crippen LogP contribution >= 0.6 is 0 Å². The summed E-state index contributed by atoms with van der Waals surface area (Å²) in [7, 11) is -3.72. The van der Waals surface area contributed by atoms with E-state index in [2.05, 4.69) is 42.6 Å². The molecule has 0 saturated carbocycles. The molecular weight excluding hydrogens is 516 g/mol. The summed E-state index contributed by atoms with van der Waals surface area (Å²) in [4.78, 5) is 4.55. The molecule has 4 heterocycles. The van der Waals surface area contributed by atoms with Crippen molar-refractivity contribution in [1.29, 1.82) is 0 Å². The van der Waals surface area contributed by atoms with Gasteiger partial charge in [-0.05, 0) is 52.3 Å². The van der Waals surface area contributed by atoms with Crippen molar-refractivity contribution in [2.75, 3.05) is 32.9 Å². The van der Waals surface area contributed by atoms with Gasteiger partial charge < -0.3 is 9.47 Å². The van der Waals surface area contributed by atoms with Crippen molar-refractivity contribution >= 4 is 10.2 Å². The van der Waals surface area contributed by atoms with Crippen LogP contribution in [-0.2, 0) is 32.8 Å². The minimum Gasteiger partial charge on any atom is -0.379 e. The molecule has 0 amide bonds. The van der Waals surface area contributed by atoms with Gasteiger partial charge >= 0.3 is 10.2 Å². The van der Waals surface area contributed by atoms with Crippen LogP contribution in [0.15, 0.2) is 24.4 Å². The van der Waals surface area contributed by atoms with Gasteiger partial charge in [0.25, 0.3) is 0 Å². The first kappa shape index (κ1) is 27.6. The zero-order valence-electron chi connectivity index (χ0n) is 22.4. The third kappa shape index (κ3) is 5.26. The zero-order chi connectivity index (χ0) is 27.2. The SMILES string of the molecule is CC(C)N(C(C)C)[C@H]1C[C@@H](N2Cc3cn(S(=O)(=O)N4CCOCC4)nc3C2)CO[C@@H]1c1cc(F)ccc1F. The number of hydrogen-bond donors (Lipinski definition) is 0. The number of aromatic nitrogens is 2. The molecule has 9 nitrogen and oxygen atoms in total. The van der Waals surface area contributed by atoms with Crippen molar-refractivity contribution in [3.8, 4) is 0 Å². The lowest BCUT2D eigenvalue weighted by molar-refractivity contribution is -0.107. The number of nitrogens with zero attached hydrogens (tertiary/aromatic N) is 5. The van der Waals surface area contributed by atoms with Gasteiger partial charge in [0.1, 0.15) is 17.7 Å². The molecule has 0 bridgehead atoms. The molecule has 210 valence electrons. The van der Waals surface area contributed by atoms with Crippen LogP contribution in [0, 0.1) is 11.6 Å². The fourth-order valence-electron chi connectivity index (χ4n) is 6.14. The predicted molar refractivity (Wildman–Crippen MR) is 138 cm³/mol. The van der Waals surface area contributed by atoms with E-state index >= 15 is 0 Å². The summed E-state index contributed by atoms with van der Waals surface area (Å²) < 4.78 is 69.1. The molecule has 2 aromatic rings. The monoisotopic (exact) mass is 553 g/mol. The molecule has 5 rings (SSSR count). The molecule has 3 atom stereocenters. The van der Waals surface area contributed by atoms with E-state index in [1.807, 2.05) is 0 Å². The lowest BCUT2D eigenvalue weighted by Gasteiger charge is -2.48. The Labute approximate surface area is 223 Å². The van der Waals surface area contributed by atoms with Crippen LogP contribution < -0.4 is 0 Å². The second kappa shape index (κ2) is 10.9. The summed E-state index contributed by atoms with van der Waals surface area (Å²) in [6.45, 7) is 11.2. The van der Waals surface area contributed by atoms with Crippen LogP contribution in [-0.4, -0.2) is 88.8 Å². The molecule has 0 spiro atoms.